The molecule has 1 aromatic rings. The molecule has 2 rings (SSSR count). The highest BCUT2D eigenvalue weighted by Gasteiger charge is 2.20. The summed E-state index contributed by atoms with van der Waals surface area (Å²) in [6, 6.07) is 8.73. The summed E-state index contributed by atoms with van der Waals surface area (Å²) in [5.74, 6) is 0.671. The van der Waals surface area contributed by atoms with Crippen LogP contribution in [0.3, 0.4) is 0 Å². The van der Waals surface area contributed by atoms with Crippen LogP contribution in [0.2, 0.25) is 0 Å². The van der Waals surface area contributed by atoms with Crippen LogP contribution in [-0.2, 0) is 6.54 Å². The predicted octanol–water partition coefficient (Wildman–Crippen LogP) is 2.14. The zero-order valence-corrected chi connectivity index (χ0v) is 10.4. The Labute approximate surface area is 103 Å². The molecule has 1 fully saturated rings. The zero-order chi connectivity index (χ0) is 12.3. The van der Waals surface area contributed by atoms with Gasteiger partial charge >= 0.3 is 0 Å². The summed E-state index contributed by atoms with van der Waals surface area (Å²) in [5.41, 5.74) is 8.23. The summed E-state index contributed by atoms with van der Waals surface area (Å²) < 4.78 is 0. The van der Waals surface area contributed by atoms with Crippen LogP contribution in [-0.4, -0.2) is 23.8 Å². The topological polar surface area (TPSA) is 53.1 Å². The van der Waals surface area contributed by atoms with E-state index in [2.05, 4.69) is 36.1 Å². The van der Waals surface area contributed by atoms with Crippen LogP contribution in [0.5, 0.6) is 0 Å². The number of piperidine rings is 1. The summed E-state index contributed by atoms with van der Waals surface area (Å²) >= 11 is 0. The van der Waals surface area contributed by atoms with Gasteiger partial charge in [0.05, 0.1) is 5.84 Å². The van der Waals surface area contributed by atoms with Crippen LogP contribution in [0.1, 0.15) is 24.0 Å². The largest absolute Gasteiger partial charge is 0.387 e. The summed E-state index contributed by atoms with van der Waals surface area (Å²) in [6.45, 7) is 5.24. The van der Waals surface area contributed by atoms with Gasteiger partial charge in [-0.2, -0.15) is 0 Å². The highest BCUT2D eigenvalue weighted by molar-refractivity contribution is 5.79. The number of likely N-dealkylation sites (tertiary alicyclic amines) is 1. The second kappa shape index (κ2) is 5.32. The SMILES string of the molecule is Cc1ccc(CN2CCC(C(=N)N)CC2)cc1. The van der Waals surface area contributed by atoms with Gasteiger partial charge in [0.15, 0.2) is 0 Å². The number of rotatable bonds is 3. The van der Waals surface area contributed by atoms with Crippen molar-refractivity contribution in [3.05, 3.63) is 35.4 Å². The highest BCUT2D eigenvalue weighted by atomic mass is 15.1. The number of nitrogens with two attached hydrogens (primary N) is 1. The second-order valence-electron chi connectivity index (χ2n) is 4.99. The van der Waals surface area contributed by atoms with E-state index in [9.17, 15) is 0 Å². The lowest BCUT2D eigenvalue weighted by molar-refractivity contribution is 0.201. The minimum atomic E-state index is 0.310. The Hall–Kier alpha value is -1.35. The average Bonchev–Trinajstić information content (AvgIpc) is 2.33. The van der Waals surface area contributed by atoms with Crippen molar-refractivity contribution in [3.63, 3.8) is 0 Å². The Morgan fingerprint density at radius 1 is 1.29 bits per heavy atom. The fourth-order valence-corrected chi connectivity index (χ4v) is 2.35. The van der Waals surface area contributed by atoms with E-state index in [1.54, 1.807) is 0 Å². The summed E-state index contributed by atoms with van der Waals surface area (Å²) in [7, 11) is 0. The van der Waals surface area contributed by atoms with E-state index in [0.29, 0.717) is 11.8 Å². The first-order valence-corrected chi connectivity index (χ1v) is 6.27. The summed E-state index contributed by atoms with van der Waals surface area (Å²) in [4.78, 5) is 2.45. The van der Waals surface area contributed by atoms with E-state index < -0.39 is 0 Å². The number of aryl methyl sites for hydroxylation is 1. The van der Waals surface area contributed by atoms with E-state index in [1.807, 2.05) is 0 Å². The van der Waals surface area contributed by atoms with Crippen molar-refractivity contribution in [2.45, 2.75) is 26.3 Å². The quantitative estimate of drug-likeness (QED) is 0.618. The van der Waals surface area contributed by atoms with Crippen LogP contribution in [0.15, 0.2) is 24.3 Å². The van der Waals surface area contributed by atoms with E-state index in [1.165, 1.54) is 11.1 Å². The molecule has 0 amide bonds. The number of amidine groups is 1. The molecule has 0 unspecified atom stereocenters. The molecule has 0 aromatic heterocycles. The van der Waals surface area contributed by atoms with E-state index in [4.69, 9.17) is 11.1 Å². The van der Waals surface area contributed by atoms with Crippen molar-refractivity contribution in [1.82, 2.24) is 4.90 Å². The average molecular weight is 231 g/mol. The van der Waals surface area contributed by atoms with Gasteiger partial charge in [-0.1, -0.05) is 29.8 Å². The van der Waals surface area contributed by atoms with Gasteiger partial charge in [0.25, 0.3) is 0 Å². The smallest absolute Gasteiger partial charge is 0.0937 e. The fourth-order valence-electron chi connectivity index (χ4n) is 2.35. The van der Waals surface area contributed by atoms with E-state index >= 15 is 0 Å². The number of hydrogen-bond donors (Lipinski definition) is 2. The maximum absolute atomic E-state index is 7.46. The van der Waals surface area contributed by atoms with Crippen LogP contribution < -0.4 is 5.73 Å². The van der Waals surface area contributed by atoms with Gasteiger partial charge in [0.2, 0.25) is 0 Å². The molecule has 1 heterocycles. The lowest BCUT2D eigenvalue weighted by Crippen LogP contribution is -2.37. The Morgan fingerprint density at radius 2 is 1.88 bits per heavy atom. The number of nitrogens with zero attached hydrogens (tertiary/aromatic N) is 1. The van der Waals surface area contributed by atoms with Crippen LogP contribution >= 0.6 is 0 Å². The van der Waals surface area contributed by atoms with Crippen LogP contribution in [0, 0.1) is 18.3 Å². The molecular formula is C14H21N3. The van der Waals surface area contributed by atoms with Crippen molar-refractivity contribution in [2.24, 2.45) is 11.7 Å². The molecular weight excluding hydrogens is 210 g/mol. The van der Waals surface area contributed by atoms with Crippen molar-refractivity contribution in [2.75, 3.05) is 13.1 Å². The molecule has 0 spiro atoms. The highest BCUT2D eigenvalue weighted by Crippen LogP contribution is 2.18. The molecule has 0 atom stereocenters. The first kappa shape index (κ1) is 12.1. The molecule has 3 N–H and O–H groups in total. The van der Waals surface area contributed by atoms with Gasteiger partial charge in [0, 0.05) is 12.5 Å². The maximum Gasteiger partial charge on any atom is 0.0937 e. The lowest BCUT2D eigenvalue weighted by atomic mass is 9.95. The Bertz CT molecular complexity index is 375. The summed E-state index contributed by atoms with van der Waals surface area (Å²) in [5, 5.41) is 7.46. The van der Waals surface area contributed by atoms with Gasteiger partial charge in [-0.05, 0) is 38.4 Å². The monoisotopic (exact) mass is 231 g/mol. The third kappa shape index (κ3) is 3.30. The minimum absolute atomic E-state index is 0.310. The minimum Gasteiger partial charge on any atom is -0.387 e. The lowest BCUT2D eigenvalue weighted by Gasteiger charge is -2.31. The van der Waals surface area contributed by atoms with E-state index in [-0.39, 0.29) is 0 Å². The summed E-state index contributed by atoms with van der Waals surface area (Å²) in [6.07, 6.45) is 2.06. The van der Waals surface area contributed by atoms with Gasteiger partial charge in [-0.15, -0.1) is 0 Å². The first-order chi connectivity index (χ1) is 8.15. The Kier molecular flexibility index (Phi) is 3.79. The number of hydrogen-bond acceptors (Lipinski definition) is 2. The van der Waals surface area contributed by atoms with Gasteiger partial charge in [-0.3, -0.25) is 10.3 Å². The molecule has 3 heteroatoms. The Balaban J connectivity index is 1.85. The Morgan fingerprint density at radius 3 is 2.41 bits per heavy atom. The van der Waals surface area contributed by atoms with Crippen LogP contribution in [0.4, 0.5) is 0 Å². The third-order valence-electron chi connectivity index (χ3n) is 3.55. The molecule has 0 aliphatic carbocycles. The molecule has 1 aromatic carbocycles. The number of benzene rings is 1. The van der Waals surface area contributed by atoms with Crippen molar-refractivity contribution in [1.29, 1.82) is 5.41 Å². The third-order valence-corrected chi connectivity index (χ3v) is 3.55. The van der Waals surface area contributed by atoms with Gasteiger partial charge in [-0.25, -0.2) is 0 Å². The fraction of sp³-hybridized carbons (Fsp3) is 0.500. The van der Waals surface area contributed by atoms with E-state index in [0.717, 1.165) is 32.5 Å². The zero-order valence-electron chi connectivity index (χ0n) is 10.4. The molecule has 1 aliphatic rings. The molecule has 0 saturated carbocycles. The van der Waals surface area contributed by atoms with Crippen molar-refractivity contribution in [3.8, 4) is 0 Å². The van der Waals surface area contributed by atoms with Crippen molar-refractivity contribution >= 4 is 5.84 Å². The molecule has 3 nitrogen and oxygen atoms in total. The number of nitrogens with one attached hydrogen (secondary N) is 1. The molecule has 0 bridgehead atoms. The molecule has 1 saturated heterocycles. The first-order valence-electron chi connectivity index (χ1n) is 6.27. The molecule has 0 radical (unpaired) electrons. The molecule has 1 aliphatic heterocycles. The van der Waals surface area contributed by atoms with Gasteiger partial charge < -0.3 is 5.73 Å². The second-order valence-corrected chi connectivity index (χ2v) is 4.99. The molecule has 17 heavy (non-hydrogen) atoms. The van der Waals surface area contributed by atoms with Crippen LogP contribution in [0.25, 0.3) is 0 Å². The predicted molar refractivity (Wildman–Crippen MR) is 71.1 cm³/mol. The van der Waals surface area contributed by atoms with Crippen molar-refractivity contribution < 1.29 is 0 Å². The standard InChI is InChI=1S/C14H21N3/c1-11-2-4-12(5-3-11)10-17-8-6-13(7-9-17)14(15)16/h2-5,13H,6-10H2,1H3,(H3,15,16). The van der Waals surface area contributed by atoms with Gasteiger partial charge in [0.1, 0.15) is 0 Å². The molecule has 92 valence electrons. The normalized spacial score (nSPS) is 18.2. The maximum atomic E-state index is 7.46.